The van der Waals surface area contributed by atoms with Gasteiger partial charge in [0.1, 0.15) is 0 Å². The number of carbonyl (C=O) groups is 1. The molecule has 90 valence electrons. The smallest absolute Gasteiger partial charge is 0.296 e. The summed E-state index contributed by atoms with van der Waals surface area (Å²) in [7, 11) is 1.74. The van der Waals surface area contributed by atoms with Crippen LogP contribution in [-0.4, -0.2) is 36.2 Å². The molecule has 5 nitrogen and oxygen atoms in total. The summed E-state index contributed by atoms with van der Waals surface area (Å²) in [6, 6.07) is 3.47. The molecular weight excluding hydrogens is 216 g/mol. The van der Waals surface area contributed by atoms with Crippen molar-refractivity contribution in [1.82, 2.24) is 15.4 Å². The van der Waals surface area contributed by atoms with Gasteiger partial charge in [-0.05, 0) is 18.6 Å². The fourth-order valence-electron chi connectivity index (χ4n) is 1.64. The Balaban J connectivity index is 1.93. The highest BCUT2D eigenvalue weighted by molar-refractivity contribution is 5.90. The van der Waals surface area contributed by atoms with Crippen LogP contribution < -0.4 is 10.3 Å². The van der Waals surface area contributed by atoms with Gasteiger partial charge in [-0.3, -0.25) is 15.3 Å². The van der Waals surface area contributed by atoms with Crippen LogP contribution in [0.3, 0.4) is 0 Å². The highest BCUT2D eigenvalue weighted by atomic mass is 16.2. The molecule has 0 unspecified atom stereocenters. The Morgan fingerprint density at radius 2 is 2.18 bits per heavy atom. The van der Waals surface area contributed by atoms with Crippen molar-refractivity contribution in [2.24, 2.45) is 0 Å². The third-order valence-corrected chi connectivity index (χ3v) is 2.67. The molecule has 0 aliphatic carbocycles. The Kier molecular flexibility index (Phi) is 3.72. The van der Waals surface area contributed by atoms with E-state index in [2.05, 4.69) is 22.6 Å². The van der Waals surface area contributed by atoms with E-state index in [1.54, 1.807) is 36.5 Å². The fraction of sp³-hybridized carbons (Fsp3) is 0.333. The van der Waals surface area contributed by atoms with Crippen LogP contribution in [0.25, 0.3) is 0 Å². The van der Waals surface area contributed by atoms with Gasteiger partial charge in [-0.1, -0.05) is 12.2 Å². The summed E-state index contributed by atoms with van der Waals surface area (Å²) in [5.74, 6) is 0. The minimum atomic E-state index is -0.133. The van der Waals surface area contributed by atoms with Crippen molar-refractivity contribution in [2.75, 3.05) is 25.0 Å². The van der Waals surface area contributed by atoms with Gasteiger partial charge in [-0.25, -0.2) is 9.80 Å². The number of amides is 2. The van der Waals surface area contributed by atoms with Crippen LogP contribution in [0.2, 0.25) is 0 Å². The van der Waals surface area contributed by atoms with Crippen LogP contribution in [0, 0.1) is 0 Å². The molecule has 0 atom stereocenters. The zero-order valence-corrected chi connectivity index (χ0v) is 9.84. The SMILES string of the molecule is CN(C(=O)NN1CC=CCC1)c1ccncc1. The second-order valence-corrected chi connectivity index (χ2v) is 3.89. The number of rotatable bonds is 2. The summed E-state index contributed by atoms with van der Waals surface area (Å²) in [5.41, 5.74) is 3.69. The Morgan fingerprint density at radius 1 is 1.41 bits per heavy atom. The highest BCUT2D eigenvalue weighted by Gasteiger charge is 2.14. The maximum absolute atomic E-state index is 11.9. The molecule has 2 rings (SSSR count). The minimum absolute atomic E-state index is 0.133. The second-order valence-electron chi connectivity index (χ2n) is 3.89. The van der Waals surface area contributed by atoms with E-state index in [0.717, 1.165) is 25.2 Å². The molecule has 1 aliphatic heterocycles. The number of pyridine rings is 1. The molecule has 1 aliphatic rings. The Hall–Kier alpha value is -1.88. The Morgan fingerprint density at radius 3 is 2.82 bits per heavy atom. The van der Waals surface area contributed by atoms with Crippen molar-refractivity contribution >= 4 is 11.7 Å². The summed E-state index contributed by atoms with van der Waals surface area (Å²) in [6.45, 7) is 1.61. The van der Waals surface area contributed by atoms with Gasteiger partial charge in [0, 0.05) is 38.2 Å². The first-order valence-corrected chi connectivity index (χ1v) is 5.61. The number of nitrogens with zero attached hydrogens (tertiary/aromatic N) is 3. The number of urea groups is 1. The monoisotopic (exact) mass is 232 g/mol. The maximum Gasteiger partial charge on any atom is 0.336 e. The van der Waals surface area contributed by atoms with E-state index in [9.17, 15) is 4.79 Å². The maximum atomic E-state index is 11.9. The van der Waals surface area contributed by atoms with E-state index < -0.39 is 0 Å². The summed E-state index contributed by atoms with van der Waals surface area (Å²) >= 11 is 0. The molecule has 0 fully saturated rings. The molecule has 2 heterocycles. The first kappa shape index (κ1) is 11.6. The molecule has 0 spiro atoms. The lowest BCUT2D eigenvalue weighted by molar-refractivity contribution is 0.191. The number of aromatic nitrogens is 1. The molecule has 0 saturated carbocycles. The molecule has 0 bridgehead atoms. The van der Waals surface area contributed by atoms with Crippen molar-refractivity contribution in [3.63, 3.8) is 0 Å². The summed E-state index contributed by atoms with van der Waals surface area (Å²) < 4.78 is 0. The lowest BCUT2D eigenvalue weighted by Gasteiger charge is -2.27. The van der Waals surface area contributed by atoms with Gasteiger partial charge in [0.15, 0.2) is 0 Å². The van der Waals surface area contributed by atoms with E-state index in [1.165, 1.54) is 0 Å². The predicted octanol–water partition coefficient (Wildman–Crippen LogP) is 1.40. The highest BCUT2D eigenvalue weighted by Crippen LogP contribution is 2.10. The normalized spacial score (nSPS) is 15.6. The van der Waals surface area contributed by atoms with Crippen LogP contribution in [0.4, 0.5) is 10.5 Å². The topological polar surface area (TPSA) is 48.5 Å². The van der Waals surface area contributed by atoms with Crippen molar-refractivity contribution in [2.45, 2.75) is 6.42 Å². The van der Waals surface area contributed by atoms with Gasteiger partial charge in [0.2, 0.25) is 0 Å². The van der Waals surface area contributed by atoms with Gasteiger partial charge in [0.25, 0.3) is 0 Å². The van der Waals surface area contributed by atoms with E-state index in [0.29, 0.717) is 0 Å². The average molecular weight is 232 g/mol. The summed E-state index contributed by atoms with van der Waals surface area (Å²) in [4.78, 5) is 17.4. The van der Waals surface area contributed by atoms with Crippen molar-refractivity contribution < 1.29 is 4.79 Å². The predicted molar refractivity (Wildman–Crippen MR) is 66.5 cm³/mol. The number of carbonyl (C=O) groups excluding carboxylic acids is 1. The third-order valence-electron chi connectivity index (χ3n) is 2.67. The molecule has 17 heavy (non-hydrogen) atoms. The summed E-state index contributed by atoms with van der Waals surface area (Å²) in [5, 5.41) is 1.90. The van der Waals surface area contributed by atoms with E-state index in [-0.39, 0.29) is 6.03 Å². The number of hydrazine groups is 1. The number of hydrogen-bond acceptors (Lipinski definition) is 3. The van der Waals surface area contributed by atoms with Crippen LogP contribution in [0.5, 0.6) is 0 Å². The van der Waals surface area contributed by atoms with Gasteiger partial charge in [0.05, 0.1) is 0 Å². The average Bonchev–Trinajstić information content (AvgIpc) is 2.40. The largest absolute Gasteiger partial charge is 0.336 e. The molecule has 0 saturated heterocycles. The molecule has 0 radical (unpaired) electrons. The van der Waals surface area contributed by atoms with Crippen LogP contribution in [-0.2, 0) is 0 Å². The Bertz CT molecular complexity index is 404. The van der Waals surface area contributed by atoms with Crippen molar-refractivity contribution in [3.05, 3.63) is 36.7 Å². The lowest BCUT2D eigenvalue weighted by Crippen LogP contribution is -2.49. The van der Waals surface area contributed by atoms with Gasteiger partial charge >= 0.3 is 6.03 Å². The van der Waals surface area contributed by atoms with Crippen LogP contribution in [0.1, 0.15) is 6.42 Å². The second kappa shape index (κ2) is 5.45. The summed E-state index contributed by atoms with van der Waals surface area (Å²) in [6.07, 6.45) is 8.48. The molecule has 5 heteroatoms. The minimum Gasteiger partial charge on any atom is -0.296 e. The van der Waals surface area contributed by atoms with Crippen molar-refractivity contribution in [1.29, 1.82) is 0 Å². The molecule has 1 aromatic rings. The van der Waals surface area contributed by atoms with Gasteiger partial charge in [-0.15, -0.1) is 0 Å². The molecule has 0 aromatic carbocycles. The number of nitrogens with one attached hydrogen (secondary N) is 1. The third kappa shape index (κ3) is 3.04. The zero-order valence-electron chi connectivity index (χ0n) is 9.84. The van der Waals surface area contributed by atoms with E-state index in [4.69, 9.17) is 0 Å². The van der Waals surface area contributed by atoms with Gasteiger partial charge in [-0.2, -0.15) is 0 Å². The van der Waals surface area contributed by atoms with Crippen molar-refractivity contribution in [3.8, 4) is 0 Å². The zero-order chi connectivity index (χ0) is 12.1. The number of anilines is 1. The molecule has 2 amide bonds. The number of hydrogen-bond donors (Lipinski definition) is 1. The quantitative estimate of drug-likeness (QED) is 0.784. The first-order chi connectivity index (χ1) is 8.27. The fourth-order valence-corrected chi connectivity index (χ4v) is 1.64. The lowest BCUT2D eigenvalue weighted by atomic mass is 10.3. The molecule has 1 N–H and O–H groups in total. The van der Waals surface area contributed by atoms with Crippen LogP contribution >= 0.6 is 0 Å². The van der Waals surface area contributed by atoms with E-state index >= 15 is 0 Å². The van der Waals surface area contributed by atoms with E-state index in [1.807, 2.05) is 5.01 Å². The van der Waals surface area contributed by atoms with Crippen LogP contribution in [0.15, 0.2) is 36.7 Å². The first-order valence-electron chi connectivity index (χ1n) is 5.61. The molecular formula is C12H16N4O. The molecule has 1 aromatic heterocycles. The Labute approximate surface area is 101 Å². The van der Waals surface area contributed by atoms with Gasteiger partial charge < -0.3 is 0 Å². The standard InChI is InChI=1S/C12H16N4O/c1-15(11-5-7-13-8-6-11)12(17)14-16-9-3-2-4-10-16/h2-3,5-8H,4,9-10H2,1H3,(H,14,17).